The first-order valence-corrected chi connectivity index (χ1v) is 9.54. The fourth-order valence-electron chi connectivity index (χ4n) is 3.72. The zero-order valence-corrected chi connectivity index (χ0v) is 15.3. The first-order chi connectivity index (χ1) is 12.2. The summed E-state index contributed by atoms with van der Waals surface area (Å²) in [5, 5.41) is 3.19. The van der Waals surface area contributed by atoms with Crippen molar-refractivity contribution in [2.24, 2.45) is 5.92 Å². The number of para-hydroxylation sites is 2. The number of carbonyl (C=O) groups is 1. The molecule has 1 aliphatic carbocycles. The summed E-state index contributed by atoms with van der Waals surface area (Å²) in [7, 11) is 0. The summed E-state index contributed by atoms with van der Waals surface area (Å²) in [6, 6.07) is 8.01. The molecule has 0 saturated heterocycles. The van der Waals surface area contributed by atoms with E-state index in [0.29, 0.717) is 13.2 Å². The lowest BCUT2D eigenvalue weighted by Crippen LogP contribution is -2.35. The Kier molecular flexibility index (Phi) is 6.08. The van der Waals surface area contributed by atoms with E-state index < -0.39 is 0 Å². The van der Waals surface area contributed by atoms with Gasteiger partial charge in [-0.3, -0.25) is 4.79 Å². The fourth-order valence-corrected chi connectivity index (χ4v) is 3.72. The average molecular weight is 343 g/mol. The van der Waals surface area contributed by atoms with Gasteiger partial charge in [-0.25, -0.2) is 4.98 Å². The summed E-state index contributed by atoms with van der Waals surface area (Å²) < 4.78 is 7.71. The average Bonchev–Trinajstić information content (AvgIpc) is 3.01. The van der Waals surface area contributed by atoms with E-state index in [1.165, 1.54) is 19.3 Å². The van der Waals surface area contributed by atoms with Crippen LogP contribution >= 0.6 is 0 Å². The van der Waals surface area contributed by atoms with Gasteiger partial charge in [0.05, 0.1) is 23.7 Å². The quantitative estimate of drug-likeness (QED) is 0.777. The van der Waals surface area contributed by atoms with Crippen molar-refractivity contribution in [2.75, 3.05) is 13.2 Å². The summed E-state index contributed by atoms with van der Waals surface area (Å²) >= 11 is 0. The van der Waals surface area contributed by atoms with Crippen molar-refractivity contribution in [1.29, 1.82) is 0 Å². The third-order valence-corrected chi connectivity index (χ3v) is 5.07. The molecule has 5 heteroatoms. The third kappa shape index (κ3) is 4.21. The van der Waals surface area contributed by atoms with Crippen molar-refractivity contribution >= 4 is 16.9 Å². The normalized spacial score (nSPS) is 16.9. The summed E-state index contributed by atoms with van der Waals surface area (Å²) in [4.78, 5) is 17.4. The minimum absolute atomic E-state index is 0.108. The molecule has 136 valence electrons. The van der Waals surface area contributed by atoms with Gasteiger partial charge in [-0.15, -0.1) is 0 Å². The molecule has 0 aliphatic heterocycles. The molecule has 1 unspecified atom stereocenters. The van der Waals surface area contributed by atoms with E-state index in [-0.39, 0.29) is 17.9 Å². The van der Waals surface area contributed by atoms with E-state index in [1.807, 2.05) is 32.0 Å². The summed E-state index contributed by atoms with van der Waals surface area (Å²) in [5.41, 5.74) is 2.06. The number of hydrogen-bond acceptors (Lipinski definition) is 3. The Labute approximate surface area is 149 Å². The van der Waals surface area contributed by atoms with E-state index in [1.54, 1.807) is 0 Å². The molecule has 0 radical (unpaired) electrons. The van der Waals surface area contributed by atoms with Crippen molar-refractivity contribution in [3.8, 4) is 0 Å². The second kappa shape index (κ2) is 8.48. The Morgan fingerprint density at radius 2 is 2.08 bits per heavy atom. The molecule has 1 aromatic heterocycles. The number of nitrogens with zero attached hydrogens (tertiary/aromatic N) is 2. The number of rotatable bonds is 7. The fraction of sp³-hybridized carbons (Fsp3) is 0.600. The monoisotopic (exact) mass is 343 g/mol. The van der Waals surface area contributed by atoms with Gasteiger partial charge < -0.3 is 14.6 Å². The van der Waals surface area contributed by atoms with Crippen molar-refractivity contribution in [3.05, 3.63) is 30.1 Å². The number of fused-ring (bicyclic) bond motifs is 1. The lowest BCUT2D eigenvalue weighted by Gasteiger charge is -2.23. The van der Waals surface area contributed by atoms with Crippen LogP contribution < -0.4 is 5.32 Å². The third-order valence-electron chi connectivity index (χ3n) is 5.07. The van der Waals surface area contributed by atoms with Crippen molar-refractivity contribution in [1.82, 2.24) is 14.9 Å². The highest BCUT2D eigenvalue weighted by Crippen LogP contribution is 2.25. The van der Waals surface area contributed by atoms with Crippen molar-refractivity contribution in [2.45, 2.75) is 58.5 Å². The molecule has 25 heavy (non-hydrogen) atoms. The van der Waals surface area contributed by atoms with Gasteiger partial charge in [-0.05, 0) is 38.8 Å². The van der Waals surface area contributed by atoms with Gasteiger partial charge in [0.2, 0.25) is 5.91 Å². The maximum Gasteiger partial charge on any atom is 0.223 e. The molecule has 1 saturated carbocycles. The predicted octanol–water partition coefficient (Wildman–Crippen LogP) is 3.83. The number of amides is 1. The van der Waals surface area contributed by atoms with Crippen LogP contribution in [0, 0.1) is 5.92 Å². The van der Waals surface area contributed by atoms with Crippen LogP contribution in [-0.4, -0.2) is 28.7 Å². The highest BCUT2D eigenvalue weighted by Gasteiger charge is 2.24. The van der Waals surface area contributed by atoms with Crippen LogP contribution in [0.5, 0.6) is 0 Å². The summed E-state index contributed by atoms with van der Waals surface area (Å²) in [6.07, 6.45) is 5.61. The van der Waals surface area contributed by atoms with Crippen molar-refractivity contribution in [3.63, 3.8) is 0 Å². The van der Waals surface area contributed by atoms with Gasteiger partial charge in [-0.2, -0.15) is 0 Å². The zero-order chi connectivity index (χ0) is 17.6. The Hall–Kier alpha value is -1.88. The summed E-state index contributed by atoms with van der Waals surface area (Å²) in [5.74, 6) is 1.25. The Morgan fingerprint density at radius 1 is 1.32 bits per heavy atom. The van der Waals surface area contributed by atoms with Gasteiger partial charge in [0.15, 0.2) is 0 Å². The topological polar surface area (TPSA) is 56.1 Å². The number of benzene rings is 1. The lowest BCUT2D eigenvalue weighted by molar-refractivity contribution is -0.126. The standard InChI is InChI=1S/C20H29N3O2/c1-3-25-14-13-23-18-12-8-7-11-17(18)22-19(23)15(2)21-20(24)16-9-5-4-6-10-16/h7-8,11-12,15-16H,3-6,9-10,13-14H2,1-2H3,(H,21,24). The number of aromatic nitrogens is 2. The van der Waals surface area contributed by atoms with E-state index in [4.69, 9.17) is 9.72 Å². The Morgan fingerprint density at radius 3 is 2.84 bits per heavy atom. The van der Waals surface area contributed by atoms with E-state index in [0.717, 1.165) is 36.2 Å². The lowest BCUT2D eigenvalue weighted by atomic mass is 9.88. The first kappa shape index (κ1) is 17.9. The number of nitrogens with one attached hydrogen (secondary N) is 1. The molecule has 5 nitrogen and oxygen atoms in total. The second-order valence-corrected chi connectivity index (χ2v) is 6.87. The molecular formula is C20H29N3O2. The largest absolute Gasteiger partial charge is 0.380 e. The van der Waals surface area contributed by atoms with E-state index in [9.17, 15) is 4.79 Å². The van der Waals surface area contributed by atoms with Crippen molar-refractivity contribution < 1.29 is 9.53 Å². The van der Waals surface area contributed by atoms with Gasteiger partial charge in [0, 0.05) is 19.1 Å². The maximum absolute atomic E-state index is 12.6. The Balaban J connectivity index is 1.78. The number of ether oxygens (including phenoxy) is 1. The van der Waals surface area contributed by atoms with Gasteiger partial charge in [0.25, 0.3) is 0 Å². The maximum atomic E-state index is 12.6. The number of imidazole rings is 1. The summed E-state index contributed by atoms with van der Waals surface area (Å²) in [6.45, 7) is 6.12. The smallest absolute Gasteiger partial charge is 0.223 e. The molecule has 2 aromatic rings. The van der Waals surface area contributed by atoms with Gasteiger partial charge >= 0.3 is 0 Å². The molecule has 1 atom stereocenters. The number of hydrogen-bond donors (Lipinski definition) is 1. The van der Waals surface area contributed by atoms with Crippen LogP contribution in [0.1, 0.15) is 57.8 Å². The van der Waals surface area contributed by atoms with E-state index >= 15 is 0 Å². The number of carbonyl (C=O) groups excluding carboxylic acids is 1. The van der Waals surface area contributed by atoms with Gasteiger partial charge in [0.1, 0.15) is 5.82 Å². The van der Waals surface area contributed by atoms with Crippen LogP contribution in [0.2, 0.25) is 0 Å². The highest BCUT2D eigenvalue weighted by atomic mass is 16.5. The molecule has 1 aromatic carbocycles. The first-order valence-electron chi connectivity index (χ1n) is 9.54. The molecule has 1 amide bonds. The molecular weight excluding hydrogens is 314 g/mol. The predicted molar refractivity (Wildman–Crippen MR) is 99.4 cm³/mol. The van der Waals surface area contributed by atoms with Crippen LogP contribution in [0.25, 0.3) is 11.0 Å². The SMILES string of the molecule is CCOCCn1c(C(C)NC(=O)C2CCCCC2)nc2ccccc21. The highest BCUT2D eigenvalue weighted by molar-refractivity contribution is 5.80. The minimum Gasteiger partial charge on any atom is -0.380 e. The van der Waals surface area contributed by atoms with E-state index in [2.05, 4.69) is 16.0 Å². The molecule has 1 fully saturated rings. The molecule has 0 bridgehead atoms. The zero-order valence-electron chi connectivity index (χ0n) is 15.3. The van der Waals surface area contributed by atoms with Crippen LogP contribution in [0.3, 0.4) is 0 Å². The van der Waals surface area contributed by atoms with Crippen LogP contribution in [0.15, 0.2) is 24.3 Å². The Bertz CT molecular complexity index is 704. The second-order valence-electron chi connectivity index (χ2n) is 6.87. The van der Waals surface area contributed by atoms with Crippen LogP contribution in [0.4, 0.5) is 0 Å². The molecule has 1 heterocycles. The molecule has 1 aliphatic rings. The minimum atomic E-state index is -0.108. The van der Waals surface area contributed by atoms with Gasteiger partial charge in [-0.1, -0.05) is 31.4 Å². The molecule has 3 rings (SSSR count). The molecule has 1 N–H and O–H groups in total. The molecule has 0 spiro atoms. The van der Waals surface area contributed by atoms with Crippen LogP contribution in [-0.2, 0) is 16.1 Å².